The Morgan fingerprint density at radius 3 is 2.68 bits per heavy atom. The van der Waals surface area contributed by atoms with Gasteiger partial charge in [-0.05, 0) is 36.6 Å². The molecule has 0 radical (unpaired) electrons. The second-order valence-corrected chi connectivity index (χ2v) is 6.62. The van der Waals surface area contributed by atoms with Gasteiger partial charge in [0.05, 0.1) is 12.1 Å². The number of fused-ring (bicyclic) bond motifs is 4. The fourth-order valence-electron chi connectivity index (χ4n) is 3.59. The van der Waals surface area contributed by atoms with Gasteiger partial charge in [-0.15, -0.1) is 0 Å². The minimum atomic E-state index is -0.393. The molecule has 2 unspecified atom stereocenters. The van der Waals surface area contributed by atoms with Gasteiger partial charge >= 0.3 is 0 Å². The Kier molecular flexibility index (Phi) is 3.95. The number of nitrogens with one attached hydrogen (secondary N) is 1. The van der Waals surface area contributed by atoms with Crippen molar-refractivity contribution in [3.63, 3.8) is 0 Å². The third-order valence-corrected chi connectivity index (χ3v) is 4.96. The summed E-state index contributed by atoms with van der Waals surface area (Å²) in [6, 6.07) is 8.54. The molecule has 1 N–H and O–H groups in total. The van der Waals surface area contributed by atoms with Crippen LogP contribution in [-0.2, 0) is 4.79 Å². The van der Waals surface area contributed by atoms with Crippen molar-refractivity contribution in [1.82, 2.24) is 15.2 Å². The Bertz CT molecular complexity index is 822. The molecule has 128 valence electrons. The lowest BCUT2D eigenvalue weighted by Gasteiger charge is -2.23. The molecule has 2 atom stereocenters. The number of carbonyl (C=O) groups excluding carboxylic acids is 2. The lowest BCUT2D eigenvalue weighted by molar-refractivity contribution is -0.126. The standard InChI is InChI=1S/C19H18FN3O2/c20-17-9-21-8-7-16(17)12-1-3-13(4-2-12)19(25)23-10-14-5-6-15(11-23)22-18(14)24/h1-4,7-9,14-15H,5-6,10-11H2,(H,22,24). The van der Waals surface area contributed by atoms with E-state index in [9.17, 15) is 14.0 Å². The highest BCUT2D eigenvalue weighted by atomic mass is 19.1. The Morgan fingerprint density at radius 1 is 1.16 bits per heavy atom. The van der Waals surface area contributed by atoms with Gasteiger partial charge in [0.2, 0.25) is 5.91 Å². The summed E-state index contributed by atoms with van der Waals surface area (Å²) in [6.45, 7) is 1.00. The number of benzene rings is 1. The second-order valence-electron chi connectivity index (χ2n) is 6.62. The van der Waals surface area contributed by atoms with E-state index in [0.717, 1.165) is 12.8 Å². The molecule has 0 aliphatic carbocycles. The van der Waals surface area contributed by atoms with Crippen LogP contribution in [0.1, 0.15) is 23.2 Å². The molecule has 6 heteroatoms. The number of hydrogen-bond acceptors (Lipinski definition) is 3. The number of hydrogen-bond donors (Lipinski definition) is 1. The van der Waals surface area contributed by atoms with Crippen LogP contribution in [0.4, 0.5) is 4.39 Å². The molecule has 3 fully saturated rings. The van der Waals surface area contributed by atoms with Gasteiger partial charge in [0, 0.05) is 36.5 Å². The molecule has 2 amide bonds. The Labute approximate surface area is 144 Å². The van der Waals surface area contributed by atoms with Crippen LogP contribution in [0.5, 0.6) is 0 Å². The van der Waals surface area contributed by atoms with E-state index in [2.05, 4.69) is 10.3 Å². The van der Waals surface area contributed by atoms with Crippen molar-refractivity contribution in [2.45, 2.75) is 18.9 Å². The molecule has 4 heterocycles. The SMILES string of the molecule is O=C1NC2CCC1CN(C(=O)c1ccc(-c3ccncc3F)cc1)C2. The summed E-state index contributed by atoms with van der Waals surface area (Å²) in [7, 11) is 0. The van der Waals surface area contributed by atoms with E-state index in [-0.39, 0.29) is 23.8 Å². The largest absolute Gasteiger partial charge is 0.351 e. The first-order valence-electron chi connectivity index (χ1n) is 8.41. The van der Waals surface area contributed by atoms with Gasteiger partial charge in [-0.2, -0.15) is 0 Å². The first kappa shape index (κ1) is 15.7. The molecule has 1 aromatic carbocycles. The predicted octanol–water partition coefficient (Wildman–Crippen LogP) is 2.24. The number of amides is 2. The van der Waals surface area contributed by atoms with Gasteiger partial charge in [-0.3, -0.25) is 14.6 Å². The third-order valence-electron chi connectivity index (χ3n) is 4.96. The van der Waals surface area contributed by atoms with Gasteiger partial charge in [0.15, 0.2) is 0 Å². The summed E-state index contributed by atoms with van der Waals surface area (Å²) in [5.74, 6) is -0.548. The van der Waals surface area contributed by atoms with E-state index in [1.54, 1.807) is 35.2 Å². The molecular formula is C19H18FN3O2. The van der Waals surface area contributed by atoms with Crippen molar-refractivity contribution in [3.05, 3.63) is 54.1 Å². The first-order valence-corrected chi connectivity index (χ1v) is 8.41. The maximum atomic E-state index is 13.8. The number of carbonyl (C=O) groups is 2. The molecule has 0 saturated carbocycles. The molecule has 25 heavy (non-hydrogen) atoms. The highest BCUT2D eigenvalue weighted by molar-refractivity contribution is 5.95. The predicted molar refractivity (Wildman–Crippen MR) is 90.2 cm³/mol. The summed E-state index contributed by atoms with van der Waals surface area (Å²) in [5.41, 5.74) is 1.70. The van der Waals surface area contributed by atoms with Crippen molar-refractivity contribution < 1.29 is 14.0 Å². The molecule has 0 spiro atoms. The summed E-state index contributed by atoms with van der Waals surface area (Å²) in [5, 5.41) is 2.97. The number of halogens is 1. The van der Waals surface area contributed by atoms with Crippen molar-refractivity contribution in [2.24, 2.45) is 5.92 Å². The van der Waals surface area contributed by atoms with Crippen LogP contribution in [0.15, 0.2) is 42.7 Å². The minimum Gasteiger partial charge on any atom is -0.351 e. The van der Waals surface area contributed by atoms with Crippen LogP contribution in [0.25, 0.3) is 11.1 Å². The monoisotopic (exact) mass is 339 g/mol. The number of aromatic nitrogens is 1. The van der Waals surface area contributed by atoms with E-state index in [0.29, 0.717) is 29.8 Å². The zero-order chi connectivity index (χ0) is 17.4. The summed E-state index contributed by atoms with van der Waals surface area (Å²) in [6.07, 6.45) is 4.46. The van der Waals surface area contributed by atoms with Gasteiger partial charge in [-0.25, -0.2) is 4.39 Å². The maximum absolute atomic E-state index is 13.8. The fraction of sp³-hybridized carbons (Fsp3) is 0.316. The van der Waals surface area contributed by atoms with Gasteiger partial charge in [-0.1, -0.05) is 12.1 Å². The average molecular weight is 339 g/mol. The van der Waals surface area contributed by atoms with E-state index in [4.69, 9.17) is 0 Å². The minimum absolute atomic E-state index is 0.0420. The van der Waals surface area contributed by atoms with Crippen LogP contribution in [-0.4, -0.2) is 40.8 Å². The summed E-state index contributed by atoms with van der Waals surface area (Å²) < 4.78 is 13.8. The third kappa shape index (κ3) is 2.99. The van der Waals surface area contributed by atoms with Crippen molar-refractivity contribution >= 4 is 11.8 Å². The molecule has 2 bridgehead atoms. The van der Waals surface area contributed by atoms with Crippen LogP contribution in [0.2, 0.25) is 0 Å². The van der Waals surface area contributed by atoms with Crippen LogP contribution < -0.4 is 5.32 Å². The molecule has 1 aromatic heterocycles. The molecule has 2 aromatic rings. The normalized spacial score (nSPS) is 22.4. The smallest absolute Gasteiger partial charge is 0.253 e. The Hall–Kier alpha value is -2.76. The fourth-order valence-corrected chi connectivity index (χ4v) is 3.59. The van der Waals surface area contributed by atoms with Crippen molar-refractivity contribution in [3.8, 4) is 11.1 Å². The molecule has 3 saturated heterocycles. The van der Waals surface area contributed by atoms with Gasteiger partial charge < -0.3 is 10.2 Å². The van der Waals surface area contributed by atoms with Crippen LogP contribution in [0.3, 0.4) is 0 Å². The molecule has 5 nitrogen and oxygen atoms in total. The number of nitrogens with zero attached hydrogens (tertiary/aromatic N) is 2. The van der Waals surface area contributed by atoms with E-state index >= 15 is 0 Å². The average Bonchev–Trinajstić information content (AvgIpc) is 2.93. The quantitative estimate of drug-likeness (QED) is 0.913. The Balaban J connectivity index is 1.55. The van der Waals surface area contributed by atoms with Gasteiger partial charge in [0.25, 0.3) is 5.91 Å². The van der Waals surface area contributed by atoms with Crippen LogP contribution >= 0.6 is 0 Å². The molecular weight excluding hydrogens is 321 g/mol. The number of rotatable bonds is 2. The first-order chi connectivity index (χ1) is 12.1. The topological polar surface area (TPSA) is 62.3 Å². The van der Waals surface area contributed by atoms with E-state index in [1.807, 2.05) is 0 Å². The van der Waals surface area contributed by atoms with Crippen LogP contribution in [0, 0.1) is 11.7 Å². The summed E-state index contributed by atoms with van der Waals surface area (Å²) in [4.78, 5) is 30.2. The number of piperidine rings is 1. The highest BCUT2D eigenvalue weighted by Crippen LogP contribution is 2.25. The summed E-state index contributed by atoms with van der Waals surface area (Å²) >= 11 is 0. The molecule has 3 aliphatic rings. The number of pyridine rings is 1. The van der Waals surface area contributed by atoms with Crippen molar-refractivity contribution in [2.75, 3.05) is 13.1 Å². The molecule has 3 aliphatic heterocycles. The van der Waals surface area contributed by atoms with E-state index in [1.165, 1.54) is 12.4 Å². The lowest BCUT2D eigenvalue weighted by atomic mass is 9.96. The second kappa shape index (κ2) is 6.27. The zero-order valence-electron chi connectivity index (χ0n) is 13.6. The van der Waals surface area contributed by atoms with Gasteiger partial charge in [0.1, 0.15) is 5.82 Å². The zero-order valence-corrected chi connectivity index (χ0v) is 13.6. The molecule has 5 rings (SSSR count). The van der Waals surface area contributed by atoms with Crippen molar-refractivity contribution in [1.29, 1.82) is 0 Å². The maximum Gasteiger partial charge on any atom is 0.253 e. The Morgan fingerprint density at radius 2 is 1.96 bits per heavy atom. The van der Waals surface area contributed by atoms with E-state index < -0.39 is 5.82 Å². The highest BCUT2D eigenvalue weighted by Gasteiger charge is 2.36. The lowest BCUT2D eigenvalue weighted by Crippen LogP contribution is -2.43.